The standard InChI is InChI=1S/C27H24ClNO5/c1-16(2)34-20-12-10-19(11-13-20)29-24(17-7-5-4-6-8-17)23(26(31)27(29)32)25(30)18-9-14-21(28)22(15-18)33-3/h4-16,24,30H,1-3H3/b25-23-. The number of ether oxygens (including phenoxy) is 2. The Bertz CT molecular complexity index is 1250. The SMILES string of the molecule is COc1cc(/C(O)=C2/C(=O)C(=O)N(c3ccc(OC(C)C)cc3)C2c2ccccc2)ccc1Cl. The Morgan fingerprint density at radius 2 is 1.68 bits per heavy atom. The van der Waals surface area contributed by atoms with Crippen LogP contribution in [0.4, 0.5) is 5.69 Å². The molecule has 0 aromatic heterocycles. The van der Waals surface area contributed by atoms with Gasteiger partial charge in [0, 0.05) is 11.3 Å². The highest BCUT2D eigenvalue weighted by Crippen LogP contribution is 2.43. The van der Waals surface area contributed by atoms with Crippen LogP contribution in [-0.4, -0.2) is 30.0 Å². The molecule has 0 aliphatic carbocycles. The number of aliphatic hydroxyl groups is 1. The van der Waals surface area contributed by atoms with Gasteiger partial charge in [-0.2, -0.15) is 0 Å². The maximum Gasteiger partial charge on any atom is 0.300 e. The van der Waals surface area contributed by atoms with Crippen molar-refractivity contribution < 1.29 is 24.2 Å². The Labute approximate surface area is 203 Å². The lowest BCUT2D eigenvalue weighted by molar-refractivity contribution is -0.132. The molecule has 1 N–H and O–H groups in total. The quantitative estimate of drug-likeness (QED) is 0.277. The van der Waals surface area contributed by atoms with Crippen molar-refractivity contribution in [1.82, 2.24) is 0 Å². The summed E-state index contributed by atoms with van der Waals surface area (Å²) in [7, 11) is 1.46. The van der Waals surface area contributed by atoms with E-state index in [2.05, 4.69) is 0 Å². The minimum atomic E-state index is -0.820. The summed E-state index contributed by atoms with van der Waals surface area (Å²) in [5.41, 5.74) is 1.51. The maximum absolute atomic E-state index is 13.2. The van der Waals surface area contributed by atoms with E-state index in [1.165, 1.54) is 18.1 Å². The summed E-state index contributed by atoms with van der Waals surface area (Å²) in [6.45, 7) is 3.85. The van der Waals surface area contributed by atoms with Crippen molar-refractivity contribution in [2.24, 2.45) is 0 Å². The van der Waals surface area contributed by atoms with E-state index in [-0.39, 0.29) is 17.4 Å². The monoisotopic (exact) mass is 477 g/mol. The van der Waals surface area contributed by atoms with E-state index in [1.54, 1.807) is 36.4 Å². The van der Waals surface area contributed by atoms with Gasteiger partial charge >= 0.3 is 0 Å². The van der Waals surface area contributed by atoms with Crippen LogP contribution in [-0.2, 0) is 9.59 Å². The molecule has 34 heavy (non-hydrogen) atoms. The molecule has 1 amide bonds. The van der Waals surface area contributed by atoms with Gasteiger partial charge in [0.15, 0.2) is 0 Å². The van der Waals surface area contributed by atoms with Gasteiger partial charge in [0.25, 0.3) is 11.7 Å². The van der Waals surface area contributed by atoms with Crippen LogP contribution in [0.1, 0.15) is 31.0 Å². The number of nitrogens with zero attached hydrogens (tertiary/aromatic N) is 1. The topological polar surface area (TPSA) is 76.1 Å². The number of rotatable bonds is 6. The third kappa shape index (κ3) is 4.37. The van der Waals surface area contributed by atoms with Crippen molar-refractivity contribution in [1.29, 1.82) is 0 Å². The molecule has 4 rings (SSSR count). The number of halogens is 1. The number of ketones is 1. The summed E-state index contributed by atoms with van der Waals surface area (Å²) in [6, 6.07) is 19.9. The predicted molar refractivity (Wildman–Crippen MR) is 131 cm³/mol. The second kappa shape index (κ2) is 9.61. The summed E-state index contributed by atoms with van der Waals surface area (Å²) < 4.78 is 10.9. The van der Waals surface area contributed by atoms with Crippen LogP contribution in [0.5, 0.6) is 11.5 Å². The van der Waals surface area contributed by atoms with Crippen molar-refractivity contribution in [3.8, 4) is 11.5 Å². The van der Waals surface area contributed by atoms with Crippen LogP contribution in [0, 0.1) is 0 Å². The zero-order valence-corrected chi connectivity index (χ0v) is 19.7. The van der Waals surface area contributed by atoms with Crippen molar-refractivity contribution in [3.63, 3.8) is 0 Å². The van der Waals surface area contributed by atoms with E-state index in [9.17, 15) is 14.7 Å². The molecule has 1 saturated heterocycles. The highest BCUT2D eigenvalue weighted by atomic mass is 35.5. The minimum Gasteiger partial charge on any atom is -0.507 e. The van der Waals surface area contributed by atoms with Crippen molar-refractivity contribution >= 4 is 34.7 Å². The predicted octanol–water partition coefficient (Wildman–Crippen LogP) is 5.76. The fourth-order valence-electron chi connectivity index (χ4n) is 3.97. The average molecular weight is 478 g/mol. The summed E-state index contributed by atoms with van der Waals surface area (Å²) in [5, 5.41) is 11.6. The van der Waals surface area contributed by atoms with Crippen LogP contribution in [0.25, 0.3) is 5.76 Å². The van der Waals surface area contributed by atoms with E-state index >= 15 is 0 Å². The third-order valence-corrected chi connectivity index (χ3v) is 5.78. The molecule has 1 fully saturated rings. The maximum atomic E-state index is 13.2. The number of methoxy groups -OCH3 is 1. The molecular weight excluding hydrogens is 454 g/mol. The Balaban J connectivity index is 1.86. The summed E-state index contributed by atoms with van der Waals surface area (Å²) in [5.74, 6) is -0.808. The summed E-state index contributed by atoms with van der Waals surface area (Å²) in [6.07, 6.45) is 0.000707. The largest absolute Gasteiger partial charge is 0.507 e. The number of benzene rings is 3. The zero-order valence-electron chi connectivity index (χ0n) is 19.0. The molecule has 0 radical (unpaired) electrons. The average Bonchev–Trinajstić information content (AvgIpc) is 3.10. The second-order valence-electron chi connectivity index (χ2n) is 8.09. The molecule has 0 spiro atoms. The van der Waals surface area contributed by atoms with E-state index in [1.807, 2.05) is 44.2 Å². The highest BCUT2D eigenvalue weighted by Gasteiger charge is 2.47. The molecule has 0 bridgehead atoms. The van der Waals surface area contributed by atoms with Gasteiger partial charge in [-0.1, -0.05) is 41.9 Å². The number of carbonyl (C=O) groups is 2. The molecule has 7 heteroatoms. The van der Waals surface area contributed by atoms with Crippen LogP contribution in [0.3, 0.4) is 0 Å². The van der Waals surface area contributed by atoms with Gasteiger partial charge in [-0.15, -0.1) is 0 Å². The Morgan fingerprint density at radius 1 is 1.00 bits per heavy atom. The first-order chi connectivity index (χ1) is 16.3. The van der Waals surface area contributed by atoms with E-state index in [0.29, 0.717) is 33.3 Å². The molecule has 1 aliphatic heterocycles. The summed E-state index contributed by atoms with van der Waals surface area (Å²) >= 11 is 6.12. The number of aliphatic hydroxyl groups excluding tert-OH is 1. The van der Waals surface area contributed by atoms with Gasteiger partial charge in [0.2, 0.25) is 0 Å². The van der Waals surface area contributed by atoms with Gasteiger partial charge in [0.1, 0.15) is 17.3 Å². The normalized spacial score (nSPS) is 17.3. The Morgan fingerprint density at radius 3 is 2.29 bits per heavy atom. The van der Waals surface area contributed by atoms with Gasteiger partial charge in [-0.05, 0) is 61.9 Å². The second-order valence-corrected chi connectivity index (χ2v) is 8.50. The van der Waals surface area contributed by atoms with Crippen LogP contribution < -0.4 is 14.4 Å². The molecule has 1 atom stereocenters. The first kappa shape index (κ1) is 23.4. The Hall–Kier alpha value is -3.77. The summed E-state index contributed by atoms with van der Waals surface area (Å²) in [4.78, 5) is 27.9. The van der Waals surface area contributed by atoms with Gasteiger partial charge < -0.3 is 14.6 Å². The number of carbonyl (C=O) groups excluding carboxylic acids is 2. The Kier molecular flexibility index (Phi) is 6.61. The van der Waals surface area contributed by atoms with Crippen molar-refractivity contribution in [2.45, 2.75) is 26.0 Å². The van der Waals surface area contributed by atoms with E-state index < -0.39 is 17.7 Å². The first-order valence-corrected chi connectivity index (χ1v) is 11.2. The number of amides is 1. The molecule has 3 aromatic rings. The first-order valence-electron chi connectivity index (χ1n) is 10.8. The van der Waals surface area contributed by atoms with Crippen LogP contribution in [0.2, 0.25) is 5.02 Å². The molecule has 1 unspecified atom stereocenters. The molecule has 3 aromatic carbocycles. The number of Topliss-reactive ketones (excluding diaryl/α,β-unsaturated/α-hetero) is 1. The lowest BCUT2D eigenvalue weighted by Crippen LogP contribution is -2.29. The molecule has 6 nitrogen and oxygen atoms in total. The molecule has 1 aliphatic rings. The highest BCUT2D eigenvalue weighted by molar-refractivity contribution is 6.51. The van der Waals surface area contributed by atoms with Crippen molar-refractivity contribution in [2.75, 3.05) is 12.0 Å². The molecule has 174 valence electrons. The molecule has 0 saturated carbocycles. The fraction of sp³-hybridized carbons (Fsp3) is 0.185. The lowest BCUT2D eigenvalue weighted by atomic mass is 9.95. The smallest absolute Gasteiger partial charge is 0.300 e. The van der Waals surface area contributed by atoms with Crippen LogP contribution in [0.15, 0.2) is 78.4 Å². The zero-order chi connectivity index (χ0) is 24.4. The number of hydrogen-bond donors (Lipinski definition) is 1. The number of hydrogen-bond acceptors (Lipinski definition) is 5. The van der Waals surface area contributed by atoms with E-state index in [0.717, 1.165) is 0 Å². The van der Waals surface area contributed by atoms with Crippen molar-refractivity contribution in [3.05, 3.63) is 94.5 Å². The number of anilines is 1. The third-order valence-electron chi connectivity index (χ3n) is 5.47. The van der Waals surface area contributed by atoms with Gasteiger partial charge in [-0.25, -0.2) is 0 Å². The van der Waals surface area contributed by atoms with E-state index in [4.69, 9.17) is 21.1 Å². The van der Waals surface area contributed by atoms with Gasteiger partial charge in [-0.3, -0.25) is 14.5 Å². The lowest BCUT2D eigenvalue weighted by Gasteiger charge is -2.25. The van der Waals surface area contributed by atoms with Crippen LogP contribution >= 0.6 is 11.6 Å². The van der Waals surface area contributed by atoms with Gasteiger partial charge in [0.05, 0.1) is 29.9 Å². The molecular formula is C27H24ClNO5. The minimum absolute atomic E-state index is 0.000707. The molecule has 1 heterocycles. The fourth-order valence-corrected chi connectivity index (χ4v) is 4.16.